The predicted octanol–water partition coefficient (Wildman–Crippen LogP) is 7.60. The van der Waals surface area contributed by atoms with Gasteiger partial charge < -0.3 is 4.74 Å². The van der Waals surface area contributed by atoms with E-state index in [1.165, 1.54) is 30.0 Å². The standard InChI is InChI=1S/C27H28F2O/c1-3-30-25-17-16-24(26(28)27(25)29)23-14-12-22(13-15-23)21-10-8-20(9-11-21)19-6-4-18(2)5-7-19/h4,6,8-10,12-19,21H,3,5,7,11H2,1-2H3. The summed E-state index contributed by atoms with van der Waals surface area (Å²) in [6, 6.07) is 10.8. The highest BCUT2D eigenvalue weighted by atomic mass is 19.2. The summed E-state index contributed by atoms with van der Waals surface area (Å²) in [4.78, 5) is 0. The summed E-state index contributed by atoms with van der Waals surface area (Å²) in [6.45, 7) is 4.31. The molecule has 0 amide bonds. The van der Waals surface area contributed by atoms with Crippen molar-refractivity contribution in [2.24, 2.45) is 11.8 Å². The lowest BCUT2D eigenvalue weighted by molar-refractivity contribution is 0.314. The first-order valence-electron chi connectivity index (χ1n) is 10.8. The number of allylic oxidation sites excluding steroid dienone is 6. The second-order valence-electron chi connectivity index (χ2n) is 8.25. The molecule has 2 aromatic rings. The van der Waals surface area contributed by atoms with E-state index in [0.717, 1.165) is 6.42 Å². The molecule has 3 unspecified atom stereocenters. The molecule has 1 nitrogen and oxygen atoms in total. The Morgan fingerprint density at radius 1 is 0.900 bits per heavy atom. The summed E-state index contributed by atoms with van der Waals surface area (Å²) in [6.07, 6.45) is 15.0. The summed E-state index contributed by atoms with van der Waals surface area (Å²) >= 11 is 0. The van der Waals surface area contributed by atoms with Gasteiger partial charge in [0.25, 0.3) is 0 Å². The molecule has 4 rings (SSSR count). The van der Waals surface area contributed by atoms with E-state index in [1.54, 1.807) is 13.0 Å². The molecule has 0 fully saturated rings. The minimum Gasteiger partial charge on any atom is -0.491 e. The third-order valence-electron chi connectivity index (χ3n) is 6.16. The van der Waals surface area contributed by atoms with Gasteiger partial charge in [-0.1, -0.05) is 61.6 Å². The Hall–Kier alpha value is -2.68. The van der Waals surface area contributed by atoms with E-state index >= 15 is 0 Å². The van der Waals surface area contributed by atoms with Gasteiger partial charge in [0.05, 0.1) is 6.61 Å². The van der Waals surface area contributed by atoms with Crippen molar-refractivity contribution in [3.8, 4) is 16.9 Å². The van der Waals surface area contributed by atoms with Gasteiger partial charge in [-0.2, -0.15) is 4.39 Å². The third-order valence-corrected chi connectivity index (χ3v) is 6.16. The first-order valence-corrected chi connectivity index (χ1v) is 10.8. The predicted molar refractivity (Wildman–Crippen MR) is 119 cm³/mol. The third kappa shape index (κ3) is 4.26. The highest BCUT2D eigenvalue weighted by molar-refractivity contribution is 5.66. The zero-order valence-corrected chi connectivity index (χ0v) is 17.6. The van der Waals surface area contributed by atoms with Crippen LogP contribution < -0.4 is 4.74 Å². The van der Waals surface area contributed by atoms with Gasteiger partial charge in [-0.3, -0.25) is 0 Å². The van der Waals surface area contributed by atoms with Crippen molar-refractivity contribution >= 4 is 0 Å². The maximum Gasteiger partial charge on any atom is 0.201 e. The fourth-order valence-corrected chi connectivity index (χ4v) is 4.33. The first-order chi connectivity index (χ1) is 14.6. The van der Waals surface area contributed by atoms with Crippen molar-refractivity contribution in [1.82, 2.24) is 0 Å². The molecule has 0 aliphatic heterocycles. The summed E-state index contributed by atoms with van der Waals surface area (Å²) in [7, 11) is 0. The van der Waals surface area contributed by atoms with E-state index in [-0.39, 0.29) is 11.3 Å². The van der Waals surface area contributed by atoms with Gasteiger partial charge >= 0.3 is 0 Å². The number of hydrogen-bond acceptors (Lipinski definition) is 1. The maximum atomic E-state index is 14.5. The van der Waals surface area contributed by atoms with Crippen LogP contribution in [-0.4, -0.2) is 6.61 Å². The van der Waals surface area contributed by atoms with Crippen molar-refractivity contribution in [2.75, 3.05) is 6.61 Å². The molecule has 3 heteroatoms. The van der Waals surface area contributed by atoms with E-state index in [0.29, 0.717) is 29.9 Å². The molecular weight excluding hydrogens is 378 g/mol. The monoisotopic (exact) mass is 406 g/mol. The average molecular weight is 407 g/mol. The van der Waals surface area contributed by atoms with Gasteiger partial charge in [-0.05, 0) is 60.9 Å². The van der Waals surface area contributed by atoms with Gasteiger partial charge in [0.1, 0.15) is 0 Å². The van der Waals surface area contributed by atoms with Crippen LogP contribution in [0.5, 0.6) is 5.75 Å². The lowest BCUT2D eigenvalue weighted by Gasteiger charge is -2.25. The van der Waals surface area contributed by atoms with Crippen LogP contribution in [-0.2, 0) is 0 Å². The normalized spacial score (nSPS) is 23.3. The van der Waals surface area contributed by atoms with Crippen LogP contribution in [0.1, 0.15) is 44.6 Å². The Bertz CT molecular complexity index is 985. The van der Waals surface area contributed by atoms with Crippen molar-refractivity contribution in [3.63, 3.8) is 0 Å². The maximum absolute atomic E-state index is 14.5. The Morgan fingerprint density at radius 3 is 2.33 bits per heavy atom. The van der Waals surface area contributed by atoms with Gasteiger partial charge in [0.2, 0.25) is 5.82 Å². The number of ether oxygens (including phenoxy) is 1. The summed E-state index contributed by atoms with van der Waals surface area (Å²) in [5.41, 5.74) is 3.51. The topological polar surface area (TPSA) is 9.23 Å². The van der Waals surface area contributed by atoms with Gasteiger partial charge in [-0.25, -0.2) is 4.39 Å². The van der Waals surface area contributed by atoms with E-state index in [9.17, 15) is 8.78 Å². The fourth-order valence-electron chi connectivity index (χ4n) is 4.33. The average Bonchev–Trinajstić information content (AvgIpc) is 2.78. The molecule has 2 aromatic carbocycles. The van der Waals surface area contributed by atoms with E-state index < -0.39 is 11.6 Å². The number of benzene rings is 2. The molecule has 0 saturated carbocycles. The van der Waals surface area contributed by atoms with Crippen LogP contribution in [0.4, 0.5) is 8.78 Å². The number of rotatable bonds is 5. The molecule has 3 atom stereocenters. The molecule has 0 N–H and O–H groups in total. The molecule has 2 aliphatic rings. The molecule has 30 heavy (non-hydrogen) atoms. The second-order valence-corrected chi connectivity index (χ2v) is 8.25. The van der Waals surface area contributed by atoms with Gasteiger partial charge in [0.15, 0.2) is 11.6 Å². The van der Waals surface area contributed by atoms with Crippen LogP contribution in [0.3, 0.4) is 0 Å². The minimum absolute atomic E-state index is 0.0485. The quantitative estimate of drug-likeness (QED) is 0.465. The SMILES string of the molecule is CCOc1ccc(-c2ccc(C3C=CC(C4C=CC(C)CC4)=CC3)cc2)c(F)c1F. The molecule has 0 bridgehead atoms. The Labute approximate surface area is 177 Å². The zero-order valence-electron chi connectivity index (χ0n) is 17.6. The van der Waals surface area contributed by atoms with Crippen LogP contribution in [0.2, 0.25) is 0 Å². The molecule has 0 aromatic heterocycles. The molecule has 0 saturated heterocycles. The molecule has 0 radical (unpaired) electrons. The molecular formula is C27H28F2O. The van der Waals surface area contributed by atoms with Crippen molar-refractivity contribution in [2.45, 2.75) is 39.0 Å². The smallest absolute Gasteiger partial charge is 0.201 e. The highest BCUT2D eigenvalue weighted by Crippen LogP contribution is 2.35. The lowest BCUT2D eigenvalue weighted by Crippen LogP contribution is -2.10. The van der Waals surface area contributed by atoms with Crippen LogP contribution in [0, 0.1) is 23.5 Å². The second kappa shape index (κ2) is 8.99. The first kappa shape index (κ1) is 20.6. The lowest BCUT2D eigenvalue weighted by atomic mass is 9.80. The Morgan fingerprint density at radius 2 is 1.70 bits per heavy atom. The fraction of sp³-hybridized carbons (Fsp3) is 0.333. The van der Waals surface area contributed by atoms with Crippen molar-refractivity contribution in [1.29, 1.82) is 0 Å². The molecule has 156 valence electrons. The zero-order chi connectivity index (χ0) is 21.1. The summed E-state index contributed by atoms with van der Waals surface area (Å²) in [5, 5.41) is 0. The summed E-state index contributed by atoms with van der Waals surface area (Å²) in [5.74, 6) is -0.303. The minimum atomic E-state index is -0.933. The van der Waals surface area contributed by atoms with E-state index in [2.05, 4.69) is 37.3 Å². The van der Waals surface area contributed by atoms with Crippen LogP contribution >= 0.6 is 0 Å². The van der Waals surface area contributed by atoms with Gasteiger partial charge in [-0.15, -0.1) is 0 Å². The molecule has 2 aliphatic carbocycles. The molecule has 0 heterocycles. The Kier molecular flexibility index (Phi) is 6.17. The molecule has 0 spiro atoms. The number of halogens is 2. The van der Waals surface area contributed by atoms with Crippen LogP contribution in [0.15, 0.2) is 72.4 Å². The van der Waals surface area contributed by atoms with Crippen molar-refractivity contribution < 1.29 is 13.5 Å². The number of hydrogen-bond donors (Lipinski definition) is 0. The summed E-state index contributed by atoms with van der Waals surface area (Å²) < 4.78 is 33.8. The largest absolute Gasteiger partial charge is 0.491 e. The van der Waals surface area contributed by atoms with Crippen LogP contribution in [0.25, 0.3) is 11.1 Å². The Balaban J connectivity index is 1.47. The van der Waals surface area contributed by atoms with E-state index in [1.807, 2.05) is 24.3 Å². The highest BCUT2D eigenvalue weighted by Gasteiger charge is 2.19. The van der Waals surface area contributed by atoms with Crippen molar-refractivity contribution in [3.05, 3.63) is 89.5 Å². The van der Waals surface area contributed by atoms with Gasteiger partial charge in [0, 0.05) is 17.4 Å². The van der Waals surface area contributed by atoms with E-state index in [4.69, 9.17) is 4.74 Å².